The quantitative estimate of drug-likeness (QED) is 0.185. The van der Waals surface area contributed by atoms with E-state index in [1.54, 1.807) is 0 Å². The van der Waals surface area contributed by atoms with Crippen molar-refractivity contribution in [2.24, 2.45) is 0 Å². The summed E-state index contributed by atoms with van der Waals surface area (Å²) >= 11 is 0. The van der Waals surface area contributed by atoms with Gasteiger partial charge in [-0.1, -0.05) is 90.7 Å². The van der Waals surface area contributed by atoms with E-state index in [1.807, 2.05) is 18.5 Å². The molecule has 4 aromatic heterocycles. The summed E-state index contributed by atoms with van der Waals surface area (Å²) in [4.78, 5) is 4.53. The van der Waals surface area contributed by atoms with Crippen LogP contribution in [-0.2, 0) is 0 Å². The number of hydrogen-bond acceptors (Lipinski definition) is 1. The van der Waals surface area contributed by atoms with Crippen molar-refractivity contribution in [1.29, 1.82) is 0 Å². The third-order valence-corrected chi connectivity index (χ3v) is 10.3. The largest absolute Gasteiger partial charge is 0.317 e. The first-order chi connectivity index (χ1) is 24.7. The van der Waals surface area contributed by atoms with Crippen LogP contribution in [0.25, 0.3) is 83.3 Å². The van der Waals surface area contributed by atoms with Gasteiger partial charge in [-0.05, 0) is 79.9 Å². The molecule has 5 aromatic carbocycles. The molecule has 0 fully saturated rings. The van der Waals surface area contributed by atoms with E-state index in [9.17, 15) is 0 Å². The maximum absolute atomic E-state index is 4.53. The average molecular weight is 641 g/mol. The van der Waals surface area contributed by atoms with Gasteiger partial charge in [0.15, 0.2) is 0 Å². The first-order valence-corrected chi connectivity index (χ1v) is 17.1. The van der Waals surface area contributed by atoms with Gasteiger partial charge in [0.1, 0.15) is 0 Å². The second-order valence-electron chi connectivity index (χ2n) is 13.0. The molecule has 4 nitrogen and oxygen atoms in total. The molecule has 0 N–H and O–H groups in total. The monoisotopic (exact) mass is 640 g/mol. The van der Waals surface area contributed by atoms with E-state index in [0.717, 1.165) is 33.0 Å². The van der Waals surface area contributed by atoms with Crippen molar-refractivity contribution in [2.75, 3.05) is 0 Å². The zero-order chi connectivity index (χ0) is 33.3. The van der Waals surface area contributed by atoms with Crippen molar-refractivity contribution in [1.82, 2.24) is 18.7 Å². The maximum Gasteiger partial charge on any atom is 0.0971 e. The molecule has 50 heavy (non-hydrogen) atoms. The summed E-state index contributed by atoms with van der Waals surface area (Å²) in [5.74, 6) is 0. The number of aromatic nitrogens is 4. The lowest BCUT2D eigenvalue weighted by atomic mass is 10.0. The van der Waals surface area contributed by atoms with Crippen LogP contribution >= 0.6 is 0 Å². The van der Waals surface area contributed by atoms with Crippen LogP contribution in [0.5, 0.6) is 0 Å². The number of benzene rings is 5. The molecule has 0 unspecified atom stereocenters. The number of allylic oxidation sites excluding steroid dienone is 5. The number of fused-ring (bicyclic) bond motifs is 13. The molecule has 0 atom stereocenters. The highest BCUT2D eigenvalue weighted by molar-refractivity contribution is 6.11. The van der Waals surface area contributed by atoms with Crippen LogP contribution in [0.3, 0.4) is 0 Å². The zero-order valence-corrected chi connectivity index (χ0v) is 27.8. The smallest absolute Gasteiger partial charge is 0.0971 e. The van der Waals surface area contributed by atoms with Gasteiger partial charge in [0, 0.05) is 66.7 Å². The lowest BCUT2D eigenvalue weighted by Crippen LogP contribution is -2.27. The second kappa shape index (κ2) is 11.0. The Morgan fingerprint density at radius 1 is 0.580 bits per heavy atom. The molecule has 0 radical (unpaired) electrons. The normalized spacial score (nSPS) is 15.3. The minimum atomic E-state index is 1.02. The molecule has 10 rings (SSSR count). The van der Waals surface area contributed by atoms with Crippen LogP contribution in [-0.4, -0.2) is 18.7 Å². The first-order valence-electron chi connectivity index (χ1n) is 17.1. The standard InChI is InChI=1S/C46H32N4/c1-30-13-5-3-8-19-43-41(28-39-31(2)48(30)42-20-12-11-18-36(39)42)38-23-21-32-14-9-10-17-35(32)46(38)50(43)34-22-24-44-40(27-34)37-25-26-47-29-45(37)49(44)33-15-6-4-7-16-33/h3-18,20-29H,1-2H3/b5-3-,30-13+,41-28-. The second-order valence-corrected chi connectivity index (χ2v) is 13.0. The maximum atomic E-state index is 4.53. The zero-order valence-electron chi connectivity index (χ0n) is 27.8. The van der Waals surface area contributed by atoms with E-state index >= 15 is 0 Å². The van der Waals surface area contributed by atoms with Gasteiger partial charge in [-0.3, -0.25) is 4.98 Å². The number of rotatable bonds is 2. The molecule has 0 spiro atoms. The van der Waals surface area contributed by atoms with E-state index < -0.39 is 0 Å². The molecule has 2 bridgehead atoms. The van der Waals surface area contributed by atoms with Crippen molar-refractivity contribution in [3.05, 3.63) is 174 Å². The van der Waals surface area contributed by atoms with Crippen LogP contribution in [0, 0.1) is 6.92 Å². The van der Waals surface area contributed by atoms with Gasteiger partial charge >= 0.3 is 0 Å². The van der Waals surface area contributed by atoms with Gasteiger partial charge in [0.25, 0.3) is 0 Å². The minimum absolute atomic E-state index is 1.02. The van der Waals surface area contributed by atoms with Crippen molar-refractivity contribution in [2.45, 2.75) is 13.8 Å². The van der Waals surface area contributed by atoms with Gasteiger partial charge in [-0.25, -0.2) is 0 Å². The average Bonchev–Trinajstić information content (AvgIpc) is 3.76. The van der Waals surface area contributed by atoms with Crippen molar-refractivity contribution >= 4 is 71.9 Å². The summed E-state index contributed by atoms with van der Waals surface area (Å²) in [6, 6.07) is 41.5. The van der Waals surface area contributed by atoms with Gasteiger partial charge in [0.2, 0.25) is 0 Å². The Kier molecular flexibility index (Phi) is 6.23. The lowest BCUT2D eigenvalue weighted by Gasteiger charge is -2.10. The van der Waals surface area contributed by atoms with Gasteiger partial charge in [-0.15, -0.1) is 0 Å². The molecule has 236 valence electrons. The highest BCUT2D eigenvalue weighted by atomic mass is 15.0. The van der Waals surface area contributed by atoms with Crippen LogP contribution < -0.4 is 10.6 Å². The Morgan fingerprint density at radius 3 is 2.28 bits per heavy atom. The van der Waals surface area contributed by atoms with E-state index in [1.165, 1.54) is 60.3 Å². The Morgan fingerprint density at radius 2 is 1.38 bits per heavy atom. The van der Waals surface area contributed by atoms with E-state index in [2.05, 4.69) is 178 Å². The predicted molar refractivity (Wildman–Crippen MR) is 209 cm³/mol. The molecule has 0 saturated carbocycles. The molecule has 9 aromatic rings. The van der Waals surface area contributed by atoms with E-state index in [4.69, 9.17) is 0 Å². The van der Waals surface area contributed by atoms with Crippen molar-refractivity contribution in [3.63, 3.8) is 0 Å². The van der Waals surface area contributed by atoms with Gasteiger partial charge in [-0.2, -0.15) is 0 Å². The molecule has 0 aliphatic carbocycles. The number of pyridine rings is 1. The van der Waals surface area contributed by atoms with Crippen LogP contribution in [0.1, 0.15) is 18.2 Å². The summed E-state index contributed by atoms with van der Waals surface area (Å²) in [5, 5.41) is 9.37. The summed E-state index contributed by atoms with van der Waals surface area (Å²) in [5.41, 5.74) is 14.2. The number of para-hydroxylation sites is 2. The van der Waals surface area contributed by atoms with Crippen molar-refractivity contribution < 1.29 is 0 Å². The van der Waals surface area contributed by atoms with Gasteiger partial charge in [0.05, 0.1) is 33.6 Å². The molecule has 0 saturated heterocycles. The Bertz CT molecular complexity index is 3080. The highest BCUT2D eigenvalue weighted by Gasteiger charge is 2.19. The summed E-state index contributed by atoms with van der Waals surface area (Å²) in [7, 11) is 0. The van der Waals surface area contributed by atoms with E-state index in [-0.39, 0.29) is 0 Å². The fraction of sp³-hybridized carbons (Fsp3) is 0.0435. The molecular formula is C46H32N4. The minimum Gasteiger partial charge on any atom is -0.317 e. The SMILES string of the molecule is C/C1=C\C=C/C=C=c2/c(c3ccc4ccccc4c3n2-c2ccc3c(c2)c2ccncc2n3-c2ccccc2)=C\c2c(C)n1c1ccccc21. The number of nitrogens with zero attached hydrogens (tertiary/aromatic N) is 4. The molecule has 1 aliphatic heterocycles. The molecule has 1 aliphatic rings. The van der Waals surface area contributed by atoms with Crippen molar-refractivity contribution in [3.8, 4) is 11.4 Å². The third-order valence-electron chi connectivity index (χ3n) is 10.3. The summed E-state index contributed by atoms with van der Waals surface area (Å²) in [6.45, 7) is 4.41. The molecular weight excluding hydrogens is 609 g/mol. The van der Waals surface area contributed by atoms with Crippen LogP contribution in [0.15, 0.2) is 152 Å². The summed E-state index contributed by atoms with van der Waals surface area (Å²) in [6.07, 6.45) is 14.7. The van der Waals surface area contributed by atoms with Crippen LogP contribution in [0.2, 0.25) is 0 Å². The van der Waals surface area contributed by atoms with Crippen LogP contribution in [0.4, 0.5) is 0 Å². The highest BCUT2D eigenvalue weighted by Crippen LogP contribution is 2.35. The fourth-order valence-corrected chi connectivity index (χ4v) is 8.10. The molecule has 5 heterocycles. The number of hydrogen-bond donors (Lipinski definition) is 0. The molecule has 0 amide bonds. The van der Waals surface area contributed by atoms with E-state index in [0.29, 0.717) is 0 Å². The Labute approximate surface area is 288 Å². The fourth-order valence-electron chi connectivity index (χ4n) is 8.10. The Balaban J connectivity index is 1.39. The predicted octanol–water partition coefficient (Wildman–Crippen LogP) is 9.73. The van der Waals surface area contributed by atoms with Gasteiger partial charge < -0.3 is 13.7 Å². The topological polar surface area (TPSA) is 27.7 Å². The first kappa shape index (κ1) is 28.4. The Hall–Kier alpha value is -6.61. The molecule has 4 heteroatoms. The third kappa shape index (κ3) is 4.10. The lowest BCUT2D eigenvalue weighted by molar-refractivity contribution is 1.06. The summed E-state index contributed by atoms with van der Waals surface area (Å²) < 4.78 is 7.11.